The van der Waals surface area contributed by atoms with Gasteiger partial charge in [0.2, 0.25) is 5.91 Å². The number of ether oxygens (including phenoxy) is 1. The van der Waals surface area contributed by atoms with Crippen molar-refractivity contribution >= 4 is 16.9 Å². The van der Waals surface area contributed by atoms with Crippen LogP contribution in [0.5, 0.6) is 5.75 Å². The van der Waals surface area contributed by atoms with Crippen molar-refractivity contribution in [2.75, 3.05) is 13.2 Å². The fourth-order valence-corrected chi connectivity index (χ4v) is 3.78. The molecular formula is C27H35N3O2. The first-order valence-electron chi connectivity index (χ1n) is 11.6. The van der Waals surface area contributed by atoms with Crippen LogP contribution in [0.2, 0.25) is 0 Å². The van der Waals surface area contributed by atoms with E-state index in [2.05, 4.69) is 40.7 Å². The number of nitrogens with zero attached hydrogens (tertiary/aromatic N) is 2. The van der Waals surface area contributed by atoms with Gasteiger partial charge in [-0.15, -0.1) is 6.58 Å². The summed E-state index contributed by atoms with van der Waals surface area (Å²) in [5.74, 6) is 2.18. The Morgan fingerprint density at radius 2 is 1.91 bits per heavy atom. The van der Waals surface area contributed by atoms with Gasteiger partial charge in [0.25, 0.3) is 0 Å². The highest BCUT2D eigenvalue weighted by Crippen LogP contribution is 2.21. The van der Waals surface area contributed by atoms with Gasteiger partial charge in [-0.05, 0) is 43.0 Å². The monoisotopic (exact) mass is 433 g/mol. The zero-order valence-corrected chi connectivity index (χ0v) is 19.3. The smallest absolute Gasteiger partial charge is 0.222 e. The molecule has 0 saturated heterocycles. The minimum atomic E-state index is 0.0425. The number of rotatable bonds is 13. The van der Waals surface area contributed by atoms with E-state index < -0.39 is 0 Å². The number of allylic oxidation sites excluding steroid dienone is 1. The van der Waals surface area contributed by atoms with E-state index in [4.69, 9.17) is 9.72 Å². The molecule has 0 bridgehead atoms. The lowest BCUT2D eigenvalue weighted by molar-refractivity contribution is -0.123. The minimum Gasteiger partial charge on any atom is -0.491 e. The highest BCUT2D eigenvalue weighted by molar-refractivity contribution is 5.77. The summed E-state index contributed by atoms with van der Waals surface area (Å²) in [5, 5.41) is 2.99. The van der Waals surface area contributed by atoms with E-state index in [0.717, 1.165) is 73.4 Å². The van der Waals surface area contributed by atoms with Gasteiger partial charge in [-0.25, -0.2) is 4.98 Å². The highest BCUT2D eigenvalue weighted by atomic mass is 16.5. The van der Waals surface area contributed by atoms with Crippen LogP contribution < -0.4 is 10.1 Å². The standard InChI is InChI=1S/C27H35N3O2/c1-4-12-22-13-7-10-16-25(22)32-20-19-30-24-15-9-8-14-23(24)29-26(30)17-6-5-11-18-28-27(31)21(2)3/h4,7-10,13-16,21H,1,5-6,11-12,17-20H2,2-3H3,(H,28,31). The molecule has 1 N–H and O–H groups in total. The fraction of sp³-hybridized carbons (Fsp3) is 0.407. The van der Waals surface area contributed by atoms with Crippen molar-refractivity contribution < 1.29 is 9.53 Å². The molecule has 0 spiro atoms. The average molecular weight is 434 g/mol. The molecule has 1 heterocycles. The summed E-state index contributed by atoms with van der Waals surface area (Å²) in [6.07, 6.45) is 6.71. The molecule has 0 radical (unpaired) electrons. The van der Waals surface area contributed by atoms with Crippen LogP contribution in [-0.4, -0.2) is 28.6 Å². The first-order valence-corrected chi connectivity index (χ1v) is 11.6. The maximum atomic E-state index is 11.7. The van der Waals surface area contributed by atoms with Crippen LogP contribution >= 0.6 is 0 Å². The fourth-order valence-electron chi connectivity index (χ4n) is 3.78. The molecule has 0 atom stereocenters. The minimum absolute atomic E-state index is 0.0425. The lowest BCUT2D eigenvalue weighted by Crippen LogP contribution is -2.28. The van der Waals surface area contributed by atoms with Crippen molar-refractivity contribution in [2.45, 2.75) is 52.5 Å². The summed E-state index contributed by atoms with van der Waals surface area (Å²) in [7, 11) is 0. The van der Waals surface area contributed by atoms with Gasteiger partial charge in [0.15, 0.2) is 0 Å². The van der Waals surface area contributed by atoms with E-state index in [9.17, 15) is 4.79 Å². The van der Waals surface area contributed by atoms with Crippen molar-refractivity contribution in [3.63, 3.8) is 0 Å². The van der Waals surface area contributed by atoms with Gasteiger partial charge in [0, 0.05) is 18.9 Å². The lowest BCUT2D eigenvalue weighted by atomic mass is 10.1. The van der Waals surface area contributed by atoms with E-state index in [1.54, 1.807) is 0 Å². The molecule has 3 rings (SSSR count). The number of amides is 1. The first-order chi connectivity index (χ1) is 15.6. The number of para-hydroxylation sites is 3. The van der Waals surface area contributed by atoms with E-state index in [0.29, 0.717) is 6.61 Å². The number of hydrogen-bond acceptors (Lipinski definition) is 3. The largest absolute Gasteiger partial charge is 0.491 e. The lowest BCUT2D eigenvalue weighted by Gasteiger charge is -2.13. The van der Waals surface area contributed by atoms with Gasteiger partial charge in [-0.1, -0.05) is 56.7 Å². The molecule has 0 aliphatic carbocycles. The van der Waals surface area contributed by atoms with Crippen LogP contribution in [0.15, 0.2) is 61.2 Å². The molecule has 0 aliphatic heterocycles. The third-order valence-electron chi connectivity index (χ3n) is 5.54. The second kappa shape index (κ2) is 12.1. The number of unbranched alkanes of at least 4 members (excludes halogenated alkanes) is 2. The summed E-state index contributed by atoms with van der Waals surface area (Å²) in [5.41, 5.74) is 3.33. The summed E-state index contributed by atoms with van der Waals surface area (Å²) in [4.78, 5) is 16.5. The van der Waals surface area contributed by atoms with Crippen LogP contribution in [0.4, 0.5) is 0 Å². The number of imidazole rings is 1. The van der Waals surface area contributed by atoms with Gasteiger partial charge in [-0.3, -0.25) is 4.79 Å². The quantitative estimate of drug-likeness (QED) is 0.293. The third kappa shape index (κ3) is 6.46. The molecule has 5 heteroatoms. The van der Waals surface area contributed by atoms with Crippen molar-refractivity contribution in [1.82, 2.24) is 14.9 Å². The van der Waals surface area contributed by atoms with Crippen LogP contribution in [0, 0.1) is 5.92 Å². The zero-order chi connectivity index (χ0) is 22.8. The van der Waals surface area contributed by atoms with Gasteiger partial charge in [-0.2, -0.15) is 0 Å². The number of benzene rings is 2. The van der Waals surface area contributed by atoms with Crippen LogP contribution in [0.25, 0.3) is 11.0 Å². The van der Waals surface area contributed by atoms with Gasteiger partial charge in [0.1, 0.15) is 18.2 Å². The zero-order valence-electron chi connectivity index (χ0n) is 19.3. The predicted molar refractivity (Wildman–Crippen MR) is 131 cm³/mol. The van der Waals surface area contributed by atoms with Gasteiger partial charge >= 0.3 is 0 Å². The van der Waals surface area contributed by atoms with Crippen LogP contribution in [-0.2, 0) is 24.2 Å². The summed E-state index contributed by atoms with van der Waals surface area (Å²) >= 11 is 0. The molecule has 1 amide bonds. The van der Waals surface area contributed by atoms with Crippen molar-refractivity contribution in [3.8, 4) is 5.75 Å². The Morgan fingerprint density at radius 1 is 1.12 bits per heavy atom. The Hall–Kier alpha value is -3.08. The maximum absolute atomic E-state index is 11.7. The Balaban J connectivity index is 1.57. The van der Waals surface area contributed by atoms with Gasteiger partial charge < -0.3 is 14.6 Å². The molecule has 0 fully saturated rings. The van der Waals surface area contributed by atoms with Crippen molar-refractivity contribution in [1.29, 1.82) is 0 Å². The number of aromatic nitrogens is 2. The highest BCUT2D eigenvalue weighted by Gasteiger charge is 2.11. The van der Waals surface area contributed by atoms with Gasteiger partial charge in [0.05, 0.1) is 17.6 Å². The SMILES string of the molecule is C=CCc1ccccc1OCCn1c(CCCCCNC(=O)C(C)C)nc2ccccc21. The van der Waals surface area contributed by atoms with E-state index >= 15 is 0 Å². The van der Waals surface area contributed by atoms with E-state index in [-0.39, 0.29) is 11.8 Å². The topological polar surface area (TPSA) is 56.1 Å². The second-order valence-corrected chi connectivity index (χ2v) is 8.37. The molecule has 0 saturated carbocycles. The number of carbonyl (C=O) groups is 1. The van der Waals surface area contributed by atoms with E-state index in [1.165, 1.54) is 0 Å². The normalized spacial score (nSPS) is 11.1. The number of hydrogen-bond donors (Lipinski definition) is 1. The molecule has 1 aromatic heterocycles. The molecule has 0 aliphatic rings. The first kappa shape index (κ1) is 23.6. The molecular weight excluding hydrogens is 398 g/mol. The molecule has 0 unspecified atom stereocenters. The van der Waals surface area contributed by atoms with Crippen molar-refractivity contribution in [3.05, 3.63) is 72.6 Å². The molecule has 3 aromatic rings. The maximum Gasteiger partial charge on any atom is 0.222 e. The second-order valence-electron chi connectivity index (χ2n) is 8.37. The number of fused-ring (bicyclic) bond motifs is 1. The number of aryl methyl sites for hydroxylation is 1. The Kier molecular flexibility index (Phi) is 8.90. The van der Waals surface area contributed by atoms with Crippen LogP contribution in [0.3, 0.4) is 0 Å². The summed E-state index contributed by atoms with van der Waals surface area (Å²) in [6, 6.07) is 16.4. The Morgan fingerprint density at radius 3 is 2.72 bits per heavy atom. The Bertz CT molecular complexity index is 1020. The molecule has 5 nitrogen and oxygen atoms in total. The molecule has 32 heavy (non-hydrogen) atoms. The Labute approximate surface area is 191 Å². The summed E-state index contributed by atoms with van der Waals surface area (Å²) in [6.45, 7) is 9.76. The van der Waals surface area contributed by atoms with Crippen molar-refractivity contribution in [2.24, 2.45) is 5.92 Å². The average Bonchev–Trinajstić information content (AvgIpc) is 3.14. The third-order valence-corrected chi connectivity index (χ3v) is 5.54. The van der Waals surface area contributed by atoms with Crippen LogP contribution in [0.1, 0.15) is 44.5 Å². The molecule has 170 valence electrons. The number of carbonyl (C=O) groups excluding carboxylic acids is 1. The number of nitrogens with one attached hydrogen (secondary N) is 1. The van der Waals surface area contributed by atoms with E-state index in [1.807, 2.05) is 44.2 Å². The summed E-state index contributed by atoms with van der Waals surface area (Å²) < 4.78 is 8.41. The molecule has 2 aromatic carbocycles. The predicted octanol–water partition coefficient (Wildman–Crippen LogP) is 5.33.